The molecule has 6 heteroatoms. The third-order valence-electron chi connectivity index (χ3n) is 3.19. The Morgan fingerprint density at radius 2 is 1.80 bits per heavy atom. The fraction of sp³-hybridized carbons (Fsp3) is 0.357. The van der Waals surface area contributed by atoms with Crippen LogP contribution in [-0.2, 0) is 9.59 Å². The largest absolute Gasteiger partial charge is 0.298 e. The minimum Gasteiger partial charge on any atom is -0.298 e. The Kier molecular flexibility index (Phi) is 4.02. The molecule has 0 saturated heterocycles. The molecule has 0 spiro atoms. The number of nitrogens with zero attached hydrogens (tertiary/aromatic N) is 3. The van der Waals surface area contributed by atoms with E-state index in [1.807, 2.05) is 0 Å². The van der Waals surface area contributed by atoms with Crippen LogP contribution in [0.1, 0.15) is 37.0 Å². The second kappa shape index (κ2) is 5.73. The first kappa shape index (κ1) is 14.0. The molecule has 0 amide bonds. The van der Waals surface area contributed by atoms with Crippen molar-refractivity contribution in [2.75, 3.05) is 0 Å². The van der Waals surface area contributed by atoms with E-state index in [0.29, 0.717) is 5.52 Å². The predicted octanol–water partition coefficient (Wildman–Crippen LogP) is 1.49. The highest BCUT2D eigenvalue weighted by Gasteiger charge is 2.33. The van der Waals surface area contributed by atoms with Gasteiger partial charge in [-0.1, -0.05) is 13.8 Å². The lowest BCUT2D eigenvalue weighted by Crippen LogP contribution is -2.31. The molecule has 0 aliphatic carbocycles. The van der Waals surface area contributed by atoms with Gasteiger partial charge in [-0.15, -0.1) is 0 Å². The van der Waals surface area contributed by atoms with Crippen molar-refractivity contribution in [1.82, 2.24) is 14.6 Å². The van der Waals surface area contributed by atoms with Gasteiger partial charge in [-0.2, -0.15) is 5.10 Å². The highest BCUT2D eigenvalue weighted by atomic mass is 16.2. The minimum absolute atomic E-state index is 0.152. The van der Waals surface area contributed by atoms with Gasteiger partial charge in [0.05, 0.1) is 23.5 Å². The second-order valence-electron chi connectivity index (χ2n) is 4.40. The zero-order valence-corrected chi connectivity index (χ0v) is 11.4. The van der Waals surface area contributed by atoms with E-state index in [9.17, 15) is 14.4 Å². The van der Waals surface area contributed by atoms with Crippen molar-refractivity contribution < 1.29 is 14.4 Å². The Hall–Kier alpha value is -2.37. The molecule has 2 heterocycles. The maximum Gasteiger partial charge on any atom is 0.184 e. The third-order valence-corrected chi connectivity index (χ3v) is 3.19. The molecule has 0 atom stereocenters. The second-order valence-corrected chi connectivity index (χ2v) is 4.40. The lowest BCUT2D eigenvalue weighted by molar-refractivity contribution is -0.130. The number of carbonyl (C=O) groups excluding carboxylic acids is 3. The Morgan fingerprint density at radius 3 is 2.40 bits per heavy atom. The van der Waals surface area contributed by atoms with E-state index < -0.39 is 11.7 Å². The summed E-state index contributed by atoms with van der Waals surface area (Å²) in [5, 5.41) is 4.03. The smallest absolute Gasteiger partial charge is 0.184 e. The zero-order chi connectivity index (χ0) is 14.7. The van der Waals surface area contributed by atoms with Crippen molar-refractivity contribution >= 4 is 22.9 Å². The van der Waals surface area contributed by atoms with Crippen LogP contribution >= 0.6 is 0 Å². The summed E-state index contributed by atoms with van der Waals surface area (Å²) in [4.78, 5) is 40.2. The van der Waals surface area contributed by atoms with Gasteiger partial charge in [-0.05, 0) is 0 Å². The minimum atomic E-state index is -1.22. The van der Waals surface area contributed by atoms with Crippen molar-refractivity contribution in [3.05, 3.63) is 30.4 Å². The number of aromatic nitrogens is 3. The molecule has 0 saturated carbocycles. The Balaban J connectivity index is 2.46. The van der Waals surface area contributed by atoms with Crippen LogP contribution in [0.2, 0.25) is 0 Å². The number of ketones is 3. The number of carbonyl (C=O) groups is 3. The molecule has 0 aliphatic rings. The summed E-state index contributed by atoms with van der Waals surface area (Å²) in [5.74, 6) is -2.43. The van der Waals surface area contributed by atoms with Crippen molar-refractivity contribution in [3.63, 3.8) is 0 Å². The van der Waals surface area contributed by atoms with Gasteiger partial charge >= 0.3 is 0 Å². The van der Waals surface area contributed by atoms with Crippen LogP contribution in [0, 0.1) is 5.92 Å². The molecule has 0 unspecified atom stereocenters. The molecule has 0 radical (unpaired) electrons. The van der Waals surface area contributed by atoms with Gasteiger partial charge in [-0.3, -0.25) is 19.4 Å². The molecule has 0 N–H and O–H groups in total. The van der Waals surface area contributed by atoms with E-state index in [-0.39, 0.29) is 30.0 Å². The molecule has 2 rings (SSSR count). The topological polar surface area (TPSA) is 81.4 Å². The lowest BCUT2D eigenvalue weighted by atomic mass is 9.88. The number of rotatable bonds is 6. The molecule has 104 valence electrons. The molecule has 6 nitrogen and oxygen atoms in total. The highest BCUT2D eigenvalue weighted by molar-refractivity contribution is 6.25. The summed E-state index contributed by atoms with van der Waals surface area (Å²) >= 11 is 0. The first-order valence-corrected chi connectivity index (χ1v) is 6.47. The predicted molar refractivity (Wildman–Crippen MR) is 71.4 cm³/mol. The fourth-order valence-electron chi connectivity index (χ4n) is 2.06. The molecule has 0 bridgehead atoms. The number of fused-ring (bicyclic) bond motifs is 1. The summed E-state index contributed by atoms with van der Waals surface area (Å²) in [6.07, 6.45) is 6.31. The van der Waals surface area contributed by atoms with E-state index in [2.05, 4.69) is 10.1 Å². The zero-order valence-electron chi connectivity index (χ0n) is 11.4. The average molecular weight is 273 g/mol. The van der Waals surface area contributed by atoms with E-state index in [0.717, 1.165) is 0 Å². The van der Waals surface area contributed by atoms with Crippen LogP contribution in [-0.4, -0.2) is 31.9 Å². The number of Topliss-reactive ketones (excluding diaryl/α,β-unsaturated/α-hetero) is 3. The molecular weight excluding hydrogens is 258 g/mol. The monoisotopic (exact) mass is 273 g/mol. The summed E-state index contributed by atoms with van der Waals surface area (Å²) in [6, 6.07) is 0. The van der Waals surface area contributed by atoms with Gasteiger partial charge in [-0.25, -0.2) is 4.52 Å². The summed E-state index contributed by atoms with van der Waals surface area (Å²) in [5.41, 5.74) is 0.752. The Morgan fingerprint density at radius 1 is 1.15 bits per heavy atom. The Labute approximate surface area is 115 Å². The van der Waals surface area contributed by atoms with Gasteiger partial charge in [0.25, 0.3) is 0 Å². The van der Waals surface area contributed by atoms with Crippen LogP contribution in [0.4, 0.5) is 0 Å². The normalized spacial score (nSPS) is 10.9. The molecular formula is C14H15N3O3. The standard InChI is InChI=1S/C14H15N3O3/c1-3-11(18)13(12(19)4-2)14(20)9-7-16-17-6-5-15-8-10(9)17/h5-8,13H,3-4H2,1-2H3. The van der Waals surface area contributed by atoms with Crippen molar-refractivity contribution in [2.45, 2.75) is 26.7 Å². The summed E-state index contributed by atoms with van der Waals surface area (Å²) in [7, 11) is 0. The van der Waals surface area contributed by atoms with Crippen LogP contribution in [0.3, 0.4) is 0 Å². The fourth-order valence-corrected chi connectivity index (χ4v) is 2.06. The van der Waals surface area contributed by atoms with Crippen molar-refractivity contribution in [2.24, 2.45) is 5.92 Å². The van der Waals surface area contributed by atoms with Gasteiger partial charge in [0.15, 0.2) is 17.3 Å². The van der Waals surface area contributed by atoms with Crippen LogP contribution in [0.25, 0.3) is 5.52 Å². The first-order valence-electron chi connectivity index (χ1n) is 6.47. The van der Waals surface area contributed by atoms with Gasteiger partial charge in [0.1, 0.15) is 5.92 Å². The summed E-state index contributed by atoms with van der Waals surface area (Å²) in [6.45, 7) is 3.28. The summed E-state index contributed by atoms with van der Waals surface area (Å²) < 4.78 is 1.49. The molecule has 2 aromatic rings. The molecule has 2 aromatic heterocycles. The van der Waals surface area contributed by atoms with Gasteiger partial charge in [0, 0.05) is 25.2 Å². The quantitative estimate of drug-likeness (QED) is 0.588. The van der Waals surface area contributed by atoms with Gasteiger partial charge < -0.3 is 0 Å². The maximum atomic E-state index is 12.5. The Bertz CT molecular complexity index is 659. The highest BCUT2D eigenvalue weighted by Crippen LogP contribution is 2.18. The van der Waals surface area contributed by atoms with Crippen LogP contribution < -0.4 is 0 Å². The van der Waals surface area contributed by atoms with E-state index in [4.69, 9.17) is 0 Å². The average Bonchev–Trinajstić information content (AvgIpc) is 2.90. The molecule has 0 aromatic carbocycles. The molecule has 20 heavy (non-hydrogen) atoms. The van der Waals surface area contributed by atoms with Crippen molar-refractivity contribution in [1.29, 1.82) is 0 Å². The number of hydrogen-bond acceptors (Lipinski definition) is 5. The number of hydrogen-bond donors (Lipinski definition) is 0. The third kappa shape index (κ3) is 2.36. The molecule has 0 aliphatic heterocycles. The SMILES string of the molecule is CCC(=O)C(C(=O)CC)C(=O)c1cnn2ccncc12. The first-order chi connectivity index (χ1) is 9.60. The van der Waals surface area contributed by atoms with Crippen LogP contribution in [0.5, 0.6) is 0 Å². The van der Waals surface area contributed by atoms with Crippen LogP contribution in [0.15, 0.2) is 24.8 Å². The maximum absolute atomic E-state index is 12.5. The van der Waals surface area contributed by atoms with E-state index >= 15 is 0 Å². The lowest BCUT2D eigenvalue weighted by Gasteiger charge is -2.11. The van der Waals surface area contributed by atoms with E-state index in [1.54, 1.807) is 26.2 Å². The molecule has 0 fully saturated rings. The van der Waals surface area contributed by atoms with E-state index in [1.165, 1.54) is 16.9 Å². The van der Waals surface area contributed by atoms with Gasteiger partial charge in [0.2, 0.25) is 0 Å². The van der Waals surface area contributed by atoms with Crippen molar-refractivity contribution in [3.8, 4) is 0 Å².